The van der Waals surface area contributed by atoms with E-state index < -0.39 is 0 Å². The normalized spacial score (nSPS) is 12.2. The third-order valence-electron chi connectivity index (χ3n) is 3.32. The summed E-state index contributed by atoms with van der Waals surface area (Å²) >= 11 is 5.04. The van der Waals surface area contributed by atoms with Gasteiger partial charge in [0.1, 0.15) is 0 Å². The average Bonchev–Trinajstić information content (AvgIpc) is 2.45. The van der Waals surface area contributed by atoms with Crippen molar-refractivity contribution in [1.82, 2.24) is 4.90 Å². The molecule has 0 saturated carbocycles. The van der Waals surface area contributed by atoms with Crippen molar-refractivity contribution in [3.63, 3.8) is 0 Å². The van der Waals surface area contributed by atoms with E-state index in [4.69, 9.17) is 27.4 Å². The minimum atomic E-state index is 0.213. The first-order valence-electron chi connectivity index (χ1n) is 6.74. The number of nitrogens with two attached hydrogens (primary N) is 1. The summed E-state index contributed by atoms with van der Waals surface area (Å²) in [5.41, 5.74) is 6.86. The molecule has 0 saturated heterocycles. The van der Waals surface area contributed by atoms with Crippen molar-refractivity contribution in [3.8, 4) is 11.5 Å². The van der Waals surface area contributed by atoms with Crippen molar-refractivity contribution in [2.45, 2.75) is 20.4 Å². The van der Waals surface area contributed by atoms with Crippen LogP contribution in [0.3, 0.4) is 0 Å². The summed E-state index contributed by atoms with van der Waals surface area (Å²) in [4.78, 5) is 2.88. The molecule has 4 nitrogen and oxygen atoms in total. The Labute approximate surface area is 126 Å². The second-order valence-electron chi connectivity index (χ2n) is 4.82. The van der Waals surface area contributed by atoms with Crippen LogP contribution in [0.2, 0.25) is 0 Å². The first kappa shape index (κ1) is 16.7. The van der Waals surface area contributed by atoms with Crippen molar-refractivity contribution in [1.29, 1.82) is 0 Å². The van der Waals surface area contributed by atoms with E-state index in [0.717, 1.165) is 31.1 Å². The monoisotopic (exact) mass is 296 g/mol. The summed E-state index contributed by atoms with van der Waals surface area (Å²) < 4.78 is 10.6. The lowest BCUT2D eigenvalue weighted by Gasteiger charge is -2.24. The smallest absolute Gasteiger partial charge is 0.161 e. The zero-order chi connectivity index (χ0) is 15.1. The molecule has 0 fully saturated rings. The van der Waals surface area contributed by atoms with E-state index in [0.29, 0.717) is 4.99 Å². The summed E-state index contributed by atoms with van der Waals surface area (Å²) in [6.45, 7) is 6.83. The molecular formula is C15H24N2O2S. The Bertz CT molecular complexity index is 451. The largest absolute Gasteiger partial charge is 0.493 e. The highest BCUT2D eigenvalue weighted by Crippen LogP contribution is 2.28. The fourth-order valence-corrected chi connectivity index (χ4v) is 2.09. The predicted molar refractivity (Wildman–Crippen MR) is 86.4 cm³/mol. The lowest BCUT2D eigenvalue weighted by Crippen LogP contribution is -2.33. The molecule has 5 heteroatoms. The molecule has 1 atom stereocenters. The van der Waals surface area contributed by atoms with Gasteiger partial charge in [-0.05, 0) is 24.2 Å². The summed E-state index contributed by atoms with van der Waals surface area (Å²) in [5, 5.41) is 0. The topological polar surface area (TPSA) is 47.7 Å². The molecule has 0 heterocycles. The highest BCUT2D eigenvalue weighted by atomic mass is 32.1. The van der Waals surface area contributed by atoms with E-state index in [1.807, 2.05) is 12.1 Å². The van der Waals surface area contributed by atoms with Crippen LogP contribution in [0, 0.1) is 5.92 Å². The number of rotatable bonds is 8. The fraction of sp³-hybridized carbons (Fsp3) is 0.533. The molecule has 0 aliphatic rings. The van der Waals surface area contributed by atoms with Crippen LogP contribution in [-0.2, 0) is 6.54 Å². The van der Waals surface area contributed by atoms with Crippen molar-refractivity contribution in [2.75, 3.05) is 27.3 Å². The highest BCUT2D eigenvalue weighted by Gasteiger charge is 2.12. The van der Waals surface area contributed by atoms with E-state index in [1.165, 1.54) is 5.56 Å². The lowest BCUT2D eigenvalue weighted by molar-refractivity contribution is 0.263. The molecule has 20 heavy (non-hydrogen) atoms. The molecule has 0 aliphatic heterocycles. The molecule has 0 aromatic heterocycles. The van der Waals surface area contributed by atoms with Crippen LogP contribution in [-0.4, -0.2) is 37.2 Å². The molecule has 112 valence electrons. The molecule has 1 rings (SSSR count). The van der Waals surface area contributed by atoms with Crippen molar-refractivity contribution in [3.05, 3.63) is 23.8 Å². The van der Waals surface area contributed by atoms with Gasteiger partial charge in [-0.15, -0.1) is 0 Å². The molecular weight excluding hydrogens is 272 g/mol. The molecule has 0 radical (unpaired) electrons. The van der Waals surface area contributed by atoms with Gasteiger partial charge in [-0.3, -0.25) is 4.90 Å². The number of benzene rings is 1. The van der Waals surface area contributed by atoms with E-state index in [1.54, 1.807) is 14.2 Å². The zero-order valence-electron chi connectivity index (χ0n) is 12.7. The van der Waals surface area contributed by atoms with Crippen LogP contribution in [0.5, 0.6) is 11.5 Å². The van der Waals surface area contributed by atoms with Gasteiger partial charge < -0.3 is 15.2 Å². The lowest BCUT2D eigenvalue weighted by atomic mass is 10.1. The second-order valence-corrected chi connectivity index (χ2v) is 5.29. The highest BCUT2D eigenvalue weighted by molar-refractivity contribution is 7.80. The van der Waals surface area contributed by atoms with Crippen LogP contribution in [0.25, 0.3) is 0 Å². The van der Waals surface area contributed by atoms with Crippen molar-refractivity contribution < 1.29 is 9.47 Å². The number of methoxy groups -OCH3 is 2. The maximum Gasteiger partial charge on any atom is 0.161 e. The SMILES string of the molecule is CCN(Cc1ccc(OC)c(OC)c1)CC(C)C(N)=S. The van der Waals surface area contributed by atoms with Gasteiger partial charge in [-0.1, -0.05) is 32.1 Å². The van der Waals surface area contributed by atoms with Crippen LogP contribution >= 0.6 is 12.2 Å². The van der Waals surface area contributed by atoms with E-state index in [2.05, 4.69) is 24.8 Å². The Morgan fingerprint density at radius 3 is 2.45 bits per heavy atom. The van der Waals surface area contributed by atoms with Crippen molar-refractivity contribution >= 4 is 17.2 Å². The van der Waals surface area contributed by atoms with Gasteiger partial charge in [0.15, 0.2) is 11.5 Å². The number of nitrogens with zero attached hydrogens (tertiary/aromatic N) is 1. The van der Waals surface area contributed by atoms with Crippen LogP contribution in [0.15, 0.2) is 18.2 Å². The van der Waals surface area contributed by atoms with Gasteiger partial charge in [0.05, 0.1) is 19.2 Å². The molecule has 0 amide bonds. The number of ether oxygens (including phenoxy) is 2. The number of hydrogen-bond acceptors (Lipinski definition) is 4. The summed E-state index contributed by atoms with van der Waals surface area (Å²) in [6.07, 6.45) is 0. The van der Waals surface area contributed by atoms with Crippen LogP contribution < -0.4 is 15.2 Å². The molecule has 0 bridgehead atoms. The van der Waals surface area contributed by atoms with Crippen LogP contribution in [0.4, 0.5) is 0 Å². The van der Waals surface area contributed by atoms with Crippen molar-refractivity contribution in [2.24, 2.45) is 11.7 Å². The minimum Gasteiger partial charge on any atom is -0.493 e. The molecule has 2 N–H and O–H groups in total. The molecule has 0 aliphatic carbocycles. The molecule has 1 unspecified atom stereocenters. The third-order valence-corrected chi connectivity index (χ3v) is 3.72. The van der Waals surface area contributed by atoms with E-state index in [9.17, 15) is 0 Å². The van der Waals surface area contributed by atoms with Gasteiger partial charge in [0.2, 0.25) is 0 Å². The Hall–Kier alpha value is -1.33. The standard InChI is InChI=1S/C15H24N2O2S/c1-5-17(9-11(2)15(16)20)10-12-6-7-13(18-3)14(8-12)19-4/h6-8,11H,5,9-10H2,1-4H3,(H2,16,20). The van der Waals surface area contributed by atoms with Gasteiger partial charge in [0.25, 0.3) is 0 Å². The predicted octanol–water partition coefficient (Wildman–Crippen LogP) is 2.45. The van der Waals surface area contributed by atoms with Gasteiger partial charge in [-0.2, -0.15) is 0 Å². The van der Waals surface area contributed by atoms with Gasteiger partial charge in [-0.25, -0.2) is 0 Å². The maximum atomic E-state index is 5.68. The first-order valence-corrected chi connectivity index (χ1v) is 7.15. The molecule has 1 aromatic rings. The maximum absolute atomic E-state index is 5.68. The van der Waals surface area contributed by atoms with Crippen LogP contribution in [0.1, 0.15) is 19.4 Å². The van der Waals surface area contributed by atoms with Gasteiger partial charge >= 0.3 is 0 Å². The fourth-order valence-electron chi connectivity index (χ4n) is 2.02. The number of hydrogen-bond donors (Lipinski definition) is 1. The van der Waals surface area contributed by atoms with E-state index >= 15 is 0 Å². The third kappa shape index (κ3) is 4.65. The Morgan fingerprint density at radius 2 is 1.95 bits per heavy atom. The molecule has 1 aromatic carbocycles. The summed E-state index contributed by atoms with van der Waals surface area (Å²) in [7, 11) is 3.29. The Kier molecular flexibility index (Phi) is 6.75. The Morgan fingerprint density at radius 1 is 1.30 bits per heavy atom. The molecule has 0 spiro atoms. The second kappa shape index (κ2) is 8.07. The quantitative estimate of drug-likeness (QED) is 0.747. The first-order chi connectivity index (χ1) is 9.51. The summed E-state index contributed by atoms with van der Waals surface area (Å²) in [6, 6.07) is 5.99. The summed E-state index contributed by atoms with van der Waals surface area (Å²) in [5.74, 6) is 1.71. The Balaban J connectivity index is 2.77. The van der Waals surface area contributed by atoms with E-state index in [-0.39, 0.29) is 5.92 Å². The number of thiocarbonyl (C=S) groups is 1. The minimum absolute atomic E-state index is 0.213. The van der Waals surface area contributed by atoms with Gasteiger partial charge in [0, 0.05) is 19.0 Å². The average molecular weight is 296 g/mol. The zero-order valence-corrected chi connectivity index (χ0v) is 13.5.